The number of aliphatic hydroxyl groups is 1. The van der Waals surface area contributed by atoms with Crippen LogP contribution in [-0.2, 0) is 17.7 Å². The summed E-state index contributed by atoms with van der Waals surface area (Å²) >= 11 is 3.60. The lowest BCUT2D eigenvalue weighted by molar-refractivity contribution is 0.0155. The predicted molar refractivity (Wildman–Crippen MR) is 120 cm³/mol. The van der Waals surface area contributed by atoms with E-state index < -0.39 is 0 Å². The summed E-state index contributed by atoms with van der Waals surface area (Å²) in [6.45, 7) is 0.0531. The highest BCUT2D eigenvalue weighted by Gasteiger charge is 2.48. The molecule has 1 atom stereocenters. The van der Waals surface area contributed by atoms with Crippen LogP contribution in [0.5, 0.6) is 0 Å². The van der Waals surface area contributed by atoms with E-state index in [9.17, 15) is 9.90 Å². The largest absolute Gasteiger partial charge is 0.381 e. The smallest absolute Gasteiger partial charge is 0.320 e. The van der Waals surface area contributed by atoms with E-state index >= 15 is 0 Å². The topological polar surface area (TPSA) is 61.8 Å². The van der Waals surface area contributed by atoms with Crippen molar-refractivity contribution in [3.05, 3.63) is 69.7 Å². The number of urea groups is 1. The second kappa shape index (κ2) is 9.08. The molecule has 5 nitrogen and oxygen atoms in total. The van der Waals surface area contributed by atoms with Gasteiger partial charge in [0.05, 0.1) is 12.1 Å². The minimum atomic E-state index is -0.322. The van der Waals surface area contributed by atoms with Crippen molar-refractivity contribution in [2.45, 2.75) is 50.8 Å². The van der Waals surface area contributed by atoms with Gasteiger partial charge in [-0.25, -0.2) is 4.79 Å². The number of carbonyl (C=O) groups is 1. The van der Waals surface area contributed by atoms with Crippen molar-refractivity contribution >= 4 is 22.0 Å². The van der Waals surface area contributed by atoms with Gasteiger partial charge < -0.3 is 15.2 Å². The number of ether oxygens (including phenoxy) is 1. The molecule has 4 rings (SSSR count). The van der Waals surface area contributed by atoms with E-state index in [1.807, 2.05) is 30.3 Å². The predicted octanol–water partition coefficient (Wildman–Crippen LogP) is 4.78. The molecule has 2 amide bonds. The van der Waals surface area contributed by atoms with Gasteiger partial charge in [-0.2, -0.15) is 0 Å². The third-order valence-electron chi connectivity index (χ3n) is 6.78. The first-order valence-corrected chi connectivity index (χ1v) is 11.4. The summed E-state index contributed by atoms with van der Waals surface area (Å²) in [5.74, 6) is 0. The fourth-order valence-corrected chi connectivity index (χ4v) is 5.49. The molecular weight excluding hydrogens is 444 g/mol. The lowest BCUT2D eigenvalue weighted by atomic mass is 9.68. The van der Waals surface area contributed by atoms with Gasteiger partial charge in [-0.3, -0.25) is 4.90 Å². The van der Waals surface area contributed by atoms with Crippen molar-refractivity contribution in [3.8, 4) is 0 Å². The van der Waals surface area contributed by atoms with Crippen LogP contribution in [0.1, 0.15) is 48.4 Å². The Balaban J connectivity index is 1.57. The Morgan fingerprint density at radius 2 is 1.97 bits per heavy atom. The molecule has 2 aliphatic rings. The SMILES string of the molecule is CO[C@H]1CC[C@]2(CC1)Cc1ccc(Br)cc1C2NC(=O)N(CO)Cc1ccccc1. The lowest BCUT2D eigenvalue weighted by Crippen LogP contribution is -2.47. The number of fused-ring (bicyclic) bond motifs is 1. The third kappa shape index (κ3) is 4.27. The third-order valence-corrected chi connectivity index (χ3v) is 7.27. The fraction of sp³-hybridized carbons (Fsp3) is 0.458. The fourth-order valence-electron chi connectivity index (χ4n) is 5.11. The van der Waals surface area contributed by atoms with E-state index in [4.69, 9.17) is 4.74 Å². The Hall–Kier alpha value is -1.89. The Morgan fingerprint density at radius 3 is 2.63 bits per heavy atom. The van der Waals surface area contributed by atoms with E-state index in [0.29, 0.717) is 12.6 Å². The van der Waals surface area contributed by atoms with Crippen molar-refractivity contribution in [2.75, 3.05) is 13.8 Å². The maximum absolute atomic E-state index is 13.2. The Morgan fingerprint density at radius 1 is 1.23 bits per heavy atom. The molecule has 1 fully saturated rings. The summed E-state index contributed by atoms with van der Waals surface area (Å²) in [7, 11) is 1.78. The molecule has 2 aromatic carbocycles. The Bertz CT molecular complexity index is 881. The van der Waals surface area contributed by atoms with Crippen LogP contribution in [0.4, 0.5) is 4.79 Å². The van der Waals surface area contributed by atoms with Gasteiger partial charge in [-0.15, -0.1) is 0 Å². The maximum Gasteiger partial charge on any atom is 0.320 e. The number of methoxy groups -OCH3 is 1. The summed E-state index contributed by atoms with van der Waals surface area (Å²) in [5.41, 5.74) is 3.48. The van der Waals surface area contributed by atoms with Gasteiger partial charge in [-0.05, 0) is 66.3 Å². The number of aliphatic hydroxyl groups excluding tert-OH is 1. The highest BCUT2D eigenvalue weighted by molar-refractivity contribution is 9.10. The molecule has 2 N–H and O–H groups in total. The molecule has 1 saturated carbocycles. The van der Waals surface area contributed by atoms with E-state index in [2.05, 4.69) is 39.4 Å². The standard InChI is InChI=1S/C24H29BrN2O3/c1-30-20-9-11-24(12-10-20)14-18-7-8-19(25)13-21(18)22(24)26-23(29)27(16-28)15-17-5-3-2-4-6-17/h2-8,13,20,22,28H,9-12,14-16H2,1H3,(H,26,29)/t20-,22?,24-. The first-order valence-electron chi connectivity index (χ1n) is 10.6. The van der Waals surface area contributed by atoms with Crippen molar-refractivity contribution in [2.24, 2.45) is 5.41 Å². The minimum absolute atomic E-state index is 0.00168. The van der Waals surface area contributed by atoms with Crippen LogP contribution in [0.15, 0.2) is 53.0 Å². The molecule has 2 aromatic rings. The maximum atomic E-state index is 13.2. The molecule has 30 heavy (non-hydrogen) atoms. The van der Waals surface area contributed by atoms with Crippen molar-refractivity contribution in [1.82, 2.24) is 10.2 Å². The molecule has 0 bridgehead atoms. The zero-order valence-electron chi connectivity index (χ0n) is 17.3. The van der Waals surface area contributed by atoms with Gasteiger partial charge in [0, 0.05) is 18.1 Å². The number of nitrogens with zero attached hydrogens (tertiary/aromatic N) is 1. The van der Waals surface area contributed by atoms with Crippen LogP contribution in [0, 0.1) is 5.41 Å². The summed E-state index contributed by atoms with van der Waals surface area (Å²) < 4.78 is 6.61. The van der Waals surface area contributed by atoms with Crippen LogP contribution in [0.3, 0.4) is 0 Å². The number of carbonyl (C=O) groups excluding carboxylic acids is 1. The van der Waals surface area contributed by atoms with Gasteiger partial charge in [0.15, 0.2) is 0 Å². The number of rotatable bonds is 5. The van der Waals surface area contributed by atoms with Crippen molar-refractivity contribution in [3.63, 3.8) is 0 Å². The number of nitrogens with one attached hydrogen (secondary N) is 1. The number of halogens is 1. The normalized spacial score (nSPS) is 25.2. The monoisotopic (exact) mass is 472 g/mol. The number of hydrogen-bond donors (Lipinski definition) is 2. The minimum Gasteiger partial charge on any atom is -0.381 e. The highest BCUT2D eigenvalue weighted by atomic mass is 79.9. The molecule has 0 aliphatic heterocycles. The number of hydrogen-bond acceptors (Lipinski definition) is 3. The molecule has 0 saturated heterocycles. The van der Waals surface area contributed by atoms with E-state index in [1.165, 1.54) is 16.0 Å². The molecule has 0 heterocycles. The van der Waals surface area contributed by atoms with E-state index in [1.54, 1.807) is 7.11 Å². The molecule has 6 heteroatoms. The summed E-state index contributed by atoms with van der Waals surface area (Å²) in [6.07, 6.45) is 5.31. The highest BCUT2D eigenvalue weighted by Crippen LogP contribution is 2.54. The Kier molecular flexibility index (Phi) is 6.46. The second-order valence-electron chi connectivity index (χ2n) is 8.52. The lowest BCUT2D eigenvalue weighted by Gasteiger charge is -2.42. The molecule has 160 valence electrons. The Labute approximate surface area is 186 Å². The zero-order valence-corrected chi connectivity index (χ0v) is 18.9. The molecule has 0 radical (unpaired) electrons. The first-order chi connectivity index (χ1) is 14.5. The van der Waals surface area contributed by atoms with Crippen LogP contribution in [-0.4, -0.2) is 36.0 Å². The van der Waals surface area contributed by atoms with Crippen molar-refractivity contribution < 1.29 is 14.6 Å². The molecule has 1 spiro atoms. The molecule has 1 unspecified atom stereocenters. The van der Waals surface area contributed by atoms with Crippen LogP contribution in [0.2, 0.25) is 0 Å². The van der Waals surface area contributed by atoms with E-state index in [0.717, 1.165) is 42.1 Å². The quantitative estimate of drug-likeness (QED) is 0.615. The zero-order chi connectivity index (χ0) is 21.1. The van der Waals surface area contributed by atoms with Crippen LogP contribution in [0.25, 0.3) is 0 Å². The summed E-state index contributed by atoms with van der Waals surface area (Å²) in [5, 5.41) is 13.2. The molecular formula is C24H29BrN2O3. The van der Waals surface area contributed by atoms with Crippen LogP contribution < -0.4 is 5.32 Å². The second-order valence-corrected chi connectivity index (χ2v) is 9.44. The van der Waals surface area contributed by atoms with Gasteiger partial charge in [0.1, 0.15) is 6.73 Å². The average Bonchev–Trinajstić information content (AvgIpc) is 3.05. The molecule has 0 aromatic heterocycles. The molecule has 2 aliphatic carbocycles. The number of benzene rings is 2. The first kappa shape index (κ1) is 21.3. The summed E-state index contributed by atoms with van der Waals surface area (Å²) in [4.78, 5) is 14.7. The number of amides is 2. The van der Waals surface area contributed by atoms with Gasteiger partial charge in [0.25, 0.3) is 0 Å². The summed E-state index contributed by atoms with van der Waals surface area (Å²) in [6, 6.07) is 15.8. The van der Waals surface area contributed by atoms with Crippen molar-refractivity contribution in [1.29, 1.82) is 0 Å². The average molecular weight is 473 g/mol. The van der Waals surface area contributed by atoms with Gasteiger partial charge >= 0.3 is 6.03 Å². The van der Waals surface area contributed by atoms with Crippen LogP contribution >= 0.6 is 15.9 Å². The van der Waals surface area contributed by atoms with Gasteiger partial charge in [0.2, 0.25) is 0 Å². The van der Waals surface area contributed by atoms with Gasteiger partial charge in [-0.1, -0.05) is 52.3 Å². The van der Waals surface area contributed by atoms with E-state index in [-0.39, 0.29) is 24.2 Å².